The average molecular weight is 556 g/mol. The summed E-state index contributed by atoms with van der Waals surface area (Å²) >= 11 is 0. The van der Waals surface area contributed by atoms with E-state index in [0.717, 1.165) is 47.3 Å². The van der Waals surface area contributed by atoms with E-state index >= 15 is 0 Å². The highest BCUT2D eigenvalue weighted by molar-refractivity contribution is 6.02. The van der Waals surface area contributed by atoms with Crippen molar-refractivity contribution in [1.82, 2.24) is 5.32 Å². The van der Waals surface area contributed by atoms with Crippen LogP contribution in [0, 0.1) is 5.41 Å². The molecular formula is C33H37N3O5. The van der Waals surface area contributed by atoms with Gasteiger partial charge in [-0.05, 0) is 60.2 Å². The molecule has 0 bridgehead atoms. The van der Waals surface area contributed by atoms with Crippen LogP contribution in [0.2, 0.25) is 0 Å². The molecular weight excluding hydrogens is 518 g/mol. The van der Waals surface area contributed by atoms with Gasteiger partial charge in [0.2, 0.25) is 5.91 Å². The summed E-state index contributed by atoms with van der Waals surface area (Å²) < 4.78 is 10.9. The van der Waals surface area contributed by atoms with Crippen molar-refractivity contribution >= 4 is 29.3 Å². The van der Waals surface area contributed by atoms with Gasteiger partial charge >= 0.3 is 12.1 Å². The summed E-state index contributed by atoms with van der Waals surface area (Å²) in [7, 11) is 0. The molecule has 0 aromatic heterocycles. The fraction of sp³-hybridized carbons (Fsp3) is 0.364. The Labute approximate surface area is 241 Å². The minimum Gasteiger partial charge on any atom is -0.445 e. The third-order valence-electron chi connectivity index (χ3n) is 8.36. The van der Waals surface area contributed by atoms with Gasteiger partial charge in [0, 0.05) is 36.8 Å². The lowest BCUT2D eigenvalue weighted by Crippen LogP contribution is -2.63. The third-order valence-corrected chi connectivity index (χ3v) is 8.36. The van der Waals surface area contributed by atoms with Crippen molar-refractivity contribution in [2.45, 2.75) is 59.2 Å². The summed E-state index contributed by atoms with van der Waals surface area (Å²) in [4.78, 5) is 42.1. The van der Waals surface area contributed by atoms with Crippen LogP contribution in [0.25, 0.3) is 0 Å². The van der Waals surface area contributed by atoms with Crippen LogP contribution in [0.5, 0.6) is 5.75 Å². The predicted molar refractivity (Wildman–Crippen MR) is 158 cm³/mol. The number of ether oxygens (including phenoxy) is 2. The first-order chi connectivity index (χ1) is 19.8. The molecule has 2 amide bonds. The number of para-hydroxylation sites is 1. The second-order valence-corrected chi connectivity index (χ2v) is 10.8. The third kappa shape index (κ3) is 5.78. The highest BCUT2D eigenvalue weighted by Gasteiger charge is 2.50. The van der Waals surface area contributed by atoms with Crippen molar-refractivity contribution < 1.29 is 23.9 Å². The van der Waals surface area contributed by atoms with Crippen LogP contribution in [-0.4, -0.2) is 37.2 Å². The van der Waals surface area contributed by atoms with Crippen molar-refractivity contribution in [2.24, 2.45) is 5.41 Å². The van der Waals surface area contributed by atoms with Gasteiger partial charge in [-0.3, -0.25) is 14.5 Å². The predicted octanol–water partition coefficient (Wildman–Crippen LogP) is 5.62. The second-order valence-electron chi connectivity index (χ2n) is 10.8. The van der Waals surface area contributed by atoms with Crippen molar-refractivity contribution in [3.05, 3.63) is 89.5 Å². The molecule has 1 atom stereocenters. The van der Waals surface area contributed by atoms with Gasteiger partial charge in [0.05, 0.1) is 6.42 Å². The second kappa shape index (κ2) is 12.0. The zero-order valence-electron chi connectivity index (χ0n) is 23.9. The van der Waals surface area contributed by atoms with Gasteiger partial charge in [-0.1, -0.05) is 62.4 Å². The summed E-state index contributed by atoms with van der Waals surface area (Å²) in [5.41, 5.74) is 4.61. The van der Waals surface area contributed by atoms with Gasteiger partial charge < -0.3 is 19.7 Å². The number of hydrogen-bond acceptors (Lipinski definition) is 6. The van der Waals surface area contributed by atoms with Gasteiger partial charge in [-0.25, -0.2) is 4.79 Å². The largest absolute Gasteiger partial charge is 0.445 e. The molecule has 8 nitrogen and oxygen atoms in total. The Balaban J connectivity index is 1.46. The van der Waals surface area contributed by atoms with E-state index in [9.17, 15) is 14.4 Å². The maximum Gasteiger partial charge on any atom is 0.407 e. The van der Waals surface area contributed by atoms with Crippen LogP contribution in [-0.2, 0) is 33.8 Å². The SMILES string of the molecule is CCC1(CC)Cc2cc(OC(C)=O)ccc2N(CCNC(=O)OCc2ccccc2)C1N1C(=O)Cc2ccccc21. The number of benzene rings is 3. The molecule has 41 heavy (non-hydrogen) atoms. The van der Waals surface area contributed by atoms with E-state index in [1.54, 1.807) is 6.07 Å². The standard InChI is InChI=1S/C33H37N3O5/c1-4-33(5-2)21-26-19-27(41-23(3)37)15-16-28(26)35(18-17-34-32(39)40-22-24-11-7-6-8-12-24)31(33)36-29-14-10-9-13-25(29)20-30(36)38/h6-16,19,31H,4-5,17-18,20-22H2,1-3H3,(H,34,39). The van der Waals surface area contributed by atoms with E-state index in [0.29, 0.717) is 25.3 Å². The number of fused-ring (bicyclic) bond motifs is 2. The molecule has 5 rings (SSSR count). The Kier molecular flexibility index (Phi) is 8.28. The molecule has 2 aliphatic heterocycles. The highest BCUT2D eigenvalue weighted by Crippen LogP contribution is 2.50. The number of esters is 1. The first kappa shape index (κ1) is 28.2. The number of alkyl carbamates (subject to hydrolysis) is 1. The Bertz CT molecular complexity index is 1420. The first-order valence-electron chi connectivity index (χ1n) is 14.3. The number of carbonyl (C=O) groups excluding carboxylic acids is 3. The van der Waals surface area contributed by atoms with E-state index in [1.807, 2.05) is 71.6 Å². The van der Waals surface area contributed by atoms with Gasteiger partial charge in [0.1, 0.15) is 18.5 Å². The number of nitrogens with one attached hydrogen (secondary N) is 1. The molecule has 1 unspecified atom stereocenters. The fourth-order valence-corrected chi connectivity index (χ4v) is 6.27. The van der Waals surface area contributed by atoms with Crippen molar-refractivity contribution in [2.75, 3.05) is 22.9 Å². The summed E-state index contributed by atoms with van der Waals surface area (Å²) in [6.07, 6.45) is 2.01. The Hall–Kier alpha value is -4.33. The van der Waals surface area contributed by atoms with Crippen LogP contribution < -0.4 is 19.9 Å². The number of anilines is 2. The average Bonchev–Trinajstić information content (AvgIpc) is 3.30. The maximum atomic E-state index is 13.6. The Morgan fingerprint density at radius 3 is 2.41 bits per heavy atom. The lowest BCUT2D eigenvalue weighted by molar-refractivity contribution is -0.131. The van der Waals surface area contributed by atoms with E-state index in [-0.39, 0.29) is 30.1 Å². The molecule has 0 spiro atoms. The summed E-state index contributed by atoms with van der Waals surface area (Å²) in [5, 5.41) is 2.90. The number of hydrogen-bond donors (Lipinski definition) is 1. The molecule has 0 aliphatic carbocycles. The van der Waals surface area contributed by atoms with Crippen LogP contribution in [0.15, 0.2) is 72.8 Å². The van der Waals surface area contributed by atoms with Crippen LogP contribution in [0.1, 0.15) is 50.3 Å². The quantitative estimate of drug-likeness (QED) is 0.272. The minimum atomic E-state index is -0.493. The lowest BCUT2D eigenvalue weighted by atomic mass is 9.70. The molecule has 0 fully saturated rings. The van der Waals surface area contributed by atoms with Gasteiger partial charge in [0.25, 0.3) is 0 Å². The summed E-state index contributed by atoms with van der Waals surface area (Å²) in [6.45, 7) is 6.70. The molecule has 214 valence electrons. The fourth-order valence-electron chi connectivity index (χ4n) is 6.27. The maximum absolute atomic E-state index is 13.6. The van der Waals surface area contributed by atoms with Gasteiger partial charge in [0.15, 0.2) is 0 Å². The Morgan fingerprint density at radius 1 is 0.951 bits per heavy atom. The van der Waals surface area contributed by atoms with Crippen LogP contribution in [0.3, 0.4) is 0 Å². The molecule has 0 saturated heterocycles. The van der Waals surface area contributed by atoms with Crippen LogP contribution in [0.4, 0.5) is 16.2 Å². The molecule has 3 aromatic rings. The van der Waals surface area contributed by atoms with Gasteiger partial charge in [-0.2, -0.15) is 0 Å². The van der Waals surface area contributed by atoms with Crippen LogP contribution >= 0.6 is 0 Å². The zero-order chi connectivity index (χ0) is 29.0. The summed E-state index contributed by atoms with van der Waals surface area (Å²) in [5.74, 6) is 0.203. The molecule has 0 saturated carbocycles. The van der Waals surface area contributed by atoms with Crippen molar-refractivity contribution in [3.63, 3.8) is 0 Å². The smallest absolute Gasteiger partial charge is 0.407 e. The topological polar surface area (TPSA) is 88.2 Å². The summed E-state index contributed by atoms with van der Waals surface area (Å²) in [6, 6.07) is 23.2. The van der Waals surface area contributed by atoms with Gasteiger partial charge in [-0.15, -0.1) is 0 Å². The molecule has 3 aromatic carbocycles. The number of amides is 2. The lowest BCUT2D eigenvalue weighted by Gasteiger charge is -2.54. The van der Waals surface area contributed by atoms with E-state index in [1.165, 1.54) is 6.92 Å². The normalized spacial score (nSPS) is 17.0. The molecule has 2 aliphatic rings. The molecule has 0 radical (unpaired) electrons. The zero-order valence-corrected chi connectivity index (χ0v) is 23.9. The Morgan fingerprint density at radius 2 is 1.68 bits per heavy atom. The van der Waals surface area contributed by atoms with E-state index in [2.05, 4.69) is 24.1 Å². The van der Waals surface area contributed by atoms with Crippen molar-refractivity contribution in [1.29, 1.82) is 0 Å². The molecule has 8 heteroatoms. The first-order valence-corrected chi connectivity index (χ1v) is 14.3. The molecule has 1 N–H and O–H groups in total. The monoisotopic (exact) mass is 555 g/mol. The van der Waals surface area contributed by atoms with E-state index < -0.39 is 6.09 Å². The van der Waals surface area contributed by atoms with Crippen molar-refractivity contribution in [3.8, 4) is 5.75 Å². The minimum absolute atomic E-state index is 0.0719. The number of rotatable bonds is 9. The number of carbonyl (C=O) groups is 3. The number of nitrogens with zero attached hydrogens (tertiary/aromatic N) is 2. The highest BCUT2D eigenvalue weighted by atomic mass is 16.5. The van der Waals surface area contributed by atoms with E-state index in [4.69, 9.17) is 9.47 Å². The molecule has 2 heterocycles.